The molecule has 0 rings (SSSR count). The maximum Gasteiger partial charge on any atom is 0.232 e. The third-order valence-electron chi connectivity index (χ3n) is 2.10. The van der Waals surface area contributed by atoms with Crippen LogP contribution in [-0.2, 0) is 13.8 Å². The van der Waals surface area contributed by atoms with Crippen LogP contribution in [-0.4, -0.2) is 52.4 Å². The fourth-order valence-electron chi connectivity index (χ4n) is 1.49. The minimum atomic E-state index is -3.35. The summed E-state index contributed by atoms with van der Waals surface area (Å²) in [5, 5.41) is 0. The Kier molecular flexibility index (Phi) is 8.36. The zero-order chi connectivity index (χ0) is 12.6. The molecule has 0 aromatic rings. The second-order valence-electron chi connectivity index (χ2n) is 4.28. The fraction of sp³-hybridized carbons (Fsp3) is 1.00. The van der Waals surface area contributed by atoms with Crippen molar-refractivity contribution in [3.05, 3.63) is 0 Å². The van der Waals surface area contributed by atoms with Gasteiger partial charge in [-0.25, -0.2) is 8.42 Å². The summed E-state index contributed by atoms with van der Waals surface area (Å²) in [4.78, 5) is 2.20. The smallest absolute Gasteiger partial charge is 0.232 e. The number of hydrogen-bond donors (Lipinski definition) is 0. The molecule has 0 unspecified atom stereocenters. The maximum atomic E-state index is 10.8. The lowest BCUT2D eigenvalue weighted by Gasteiger charge is -2.23. The molecule has 16 heavy (non-hydrogen) atoms. The van der Waals surface area contributed by atoms with Gasteiger partial charge in [-0.3, -0.25) is 0 Å². The van der Waals surface area contributed by atoms with E-state index in [1.807, 2.05) is 0 Å². The predicted molar refractivity (Wildman–Crippen MR) is 67.4 cm³/mol. The molecule has 0 N–H and O–H groups in total. The summed E-state index contributed by atoms with van der Waals surface area (Å²) in [5.41, 5.74) is 0. The lowest BCUT2D eigenvalue weighted by Crippen LogP contribution is -2.32. The van der Waals surface area contributed by atoms with Crippen molar-refractivity contribution in [2.75, 3.05) is 39.1 Å². The van der Waals surface area contributed by atoms with Gasteiger partial charge >= 0.3 is 0 Å². The van der Waals surface area contributed by atoms with Crippen LogP contribution in [0.5, 0.6) is 0 Å². The van der Waals surface area contributed by atoms with E-state index < -0.39 is 9.05 Å². The zero-order valence-corrected chi connectivity index (χ0v) is 11.9. The van der Waals surface area contributed by atoms with E-state index >= 15 is 0 Å². The Hall–Kier alpha value is 0.160. The van der Waals surface area contributed by atoms with Crippen molar-refractivity contribution in [3.8, 4) is 0 Å². The van der Waals surface area contributed by atoms with E-state index in [9.17, 15) is 8.42 Å². The van der Waals surface area contributed by atoms with Gasteiger partial charge in [0, 0.05) is 30.9 Å². The standard InChI is InChI=1S/C10H22ClNO3S/c1-10(2)9-12(6-7-15-3)5-4-8-16(11,13)14/h10H,4-9H2,1-3H3. The molecule has 6 heteroatoms. The van der Waals surface area contributed by atoms with Gasteiger partial charge in [0.05, 0.1) is 12.4 Å². The molecule has 0 saturated carbocycles. The molecular weight excluding hydrogens is 250 g/mol. The van der Waals surface area contributed by atoms with E-state index in [0.717, 1.165) is 19.6 Å². The van der Waals surface area contributed by atoms with Crippen molar-refractivity contribution >= 4 is 19.7 Å². The molecular formula is C10H22ClNO3S. The van der Waals surface area contributed by atoms with Crippen LogP contribution in [0.3, 0.4) is 0 Å². The molecule has 98 valence electrons. The Bertz CT molecular complexity index is 267. The second kappa shape index (κ2) is 8.28. The Labute approximate surface area is 103 Å². The number of ether oxygens (including phenoxy) is 1. The van der Waals surface area contributed by atoms with Crippen LogP contribution in [0.15, 0.2) is 0 Å². The molecule has 0 aromatic carbocycles. The Morgan fingerprint density at radius 2 is 1.94 bits per heavy atom. The van der Waals surface area contributed by atoms with Crippen molar-refractivity contribution in [1.29, 1.82) is 0 Å². The minimum absolute atomic E-state index is 0.0378. The molecule has 0 spiro atoms. The molecule has 0 aliphatic carbocycles. The average Bonchev–Trinajstić information content (AvgIpc) is 2.11. The van der Waals surface area contributed by atoms with Gasteiger partial charge in [-0.2, -0.15) is 0 Å². The molecule has 0 aromatic heterocycles. The maximum absolute atomic E-state index is 10.8. The van der Waals surface area contributed by atoms with Gasteiger partial charge in [0.1, 0.15) is 0 Å². The highest BCUT2D eigenvalue weighted by molar-refractivity contribution is 8.13. The normalized spacial score (nSPS) is 12.6. The number of methoxy groups -OCH3 is 1. The second-order valence-corrected chi connectivity index (χ2v) is 7.18. The molecule has 0 aliphatic heterocycles. The van der Waals surface area contributed by atoms with Crippen molar-refractivity contribution in [2.24, 2.45) is 5.92 Å². The van der Waals surface area contributed by atoms with E-state index in [1.165, 1.54) is 0 Å². The van der Waals surface area contributed by atoms with Crippen molar-refractivity contribution < 1.29 is 13.2 Å². The highest BCUT2D eigenvalue weighted by Crippen LogP contribution is 2.03. The fourth-order valence-corrected chi connectivity index (χ4v) is 2.29. The summed E-state index contributed by atoms with van der Waals surface area (Å²) in [6.07, 6.45) is 0.572. The lowest BCUT2D eigenvalue weighted by molar-refractivity contribution is 0.140. The Balaban J connectivity index is 3.91. The van der Waals surface area contributed by atoms with E-state index in [-0.39, 0.29) is 5.75 Å². The highest BCUT2D eigenvalue weighted by atomic mass is 35.7. The number of halogens is 1. The summed E-state index contributed by atoms with van der Waals surface area (Å²) < 4.78 is 26.6. The molecule has 0 aliphatic rings. The number of nitrogens with zero attached hydrogens (tertiary/aromatic N) is 1. The first-order chi connectivity index (χ1) is 7.35. The van der Waals surface area contributed by atoms with Gasteiger partial charge in [-0.05, 0) is 18.9 Å². The van der Waals surface area contributed by atoms with Gasteiger partial charge in [-0.15, -0.1) is 0 Å². The van der Waals surface area contributed by atoms with Crippen LogP contribution < -0.4 is 0 Å². The topological polar surface area (TPSA) is 46.6 Å². The first kappa shape index (κ1) is 16.2. The van der Waals surface area contributed by atoms with Crippen LogP contribution in [0.4, 0.5) is 0 Å². The van der Waals surface area contributed by atoms with E-state index in [1.54, 1.807) is 7.11 Å². The summed E-state index contributed by atoms with van der Waals surface area (Å²) in [6.45, 7) is 7.47. The molecule has 0 amide bonds. The van der Waals surface area contributed by atoms with E-state index in [2.05, 4.69) is 18.7 Å². The third kappa shape index (κ3) is 10.7. The molecule has 0 fully saturated rings. The largest absolute Gasteiger partial charge is 0.383 e. The van der Waals surface area contributed by atoms with Crippen LogP contribution in [0.1, 0.15) is 20.3 Å². The molecule has 0 heterocycles. The van der Waals surface area contributed by atoms with Gasteiger partial charge in [0.2, 0.25) is 9.05 Å². The number of rotatable bonds is 9. The monoisotopic (exact) mass is 271 g/mol. The van der Waals surface area contributed by atoms with Crippen LogP contribution in [0.2, 0.25) is 0 Å². The SMILES string of the molecule is COCCN(CCCS(=O)(=O)Cl)CC(C)C. The van der Waals surface area contributed by atoms with Crippen LogP contribution in [0.25, 0.3) is 0 Å². The van der Waals surface area contributed by atoms with E-state index in [4.69, 9.17) is 15.4 Å². The number of hydrogen-bond acceptors (Lipinski definition) is 4. The average molecular weight is 272 g/mol. The third-order valence-corrected chi connectivity index (χ3v) is 3.34. The van der Waals surface area contributed by atoms with Gasteiger partial charge in [-0.1, -0.05) is 13.8 Å². The van der Waals surface area contributed by atoms with Crippen molar-refractivity contribution in [1.82, 2.24) is 4.90 Å². The van der Waals surface area contributed by atoms with Crippen LogP contribution in [0, 0.1) is 5.92 Å². The summed E-state index contributed by atoms with van der Waals surface area (Å²) >= 11 is 0. The quantitative estimate of drug-likeness (QED) is 0.597. The van der Waals surface area contributed by atoms with Crippen molar-refractivity contribution in [3.63, 3.8) is 0 Å². The van der Waals surface area contributed by atoms with Gasteiger partial charge < -0.3 is 9.64 Å². The minimum Gasteiger partial charge on any atom is -0.383 e. The lowest BCUT2D eigenvalue weighted by atomic mass is 10.2. The zero-order valence-electron chi connectivity index (χ0n) is 10.3. The Morgan fingerprint density at radius 1 is 1.31 bits per heavy atom. The molecule has 0 atom stereocenters. The first-order valence-electron chi connectivity index (χ1n) is 5.48. The first-order valence-corrected chi connectivity index (χ1v) is 7.96. The molecule has 0 bridgehead atoms. The van der Waals surface area contributed by atoms with E-state index in [0.29, 0.717) is 18.9 Å². The summed E-state index contributed by atoms with van der Waals surface area (Å²) in [6, 6.07) is 0. The molecule has 0 radical (unpaired) electrons. The highest BCUT2D eigenvalue weighted by Gasteiger charge is 2.10. The van der Waals surface area contributed by atoms with Gasteiger partial charge in [0.25, 0.3) is 0 Å². The molecule has 4 nitrogen and oxygen atoms in total. The van der Waals surface area contributed by atoms with Crippen molar-refractivity contribution in [2.45, 2.75) is 20.3 Å². The predicted octanol–water partition coefficient (Wildman–Crippen LogP) is 1.55. The summed E-state index contributed by atoms with van der Waals surface area (Å²) in [5.74, 6) is 0.598. The van der Waals surface area contributed by atoms with Gasteiger partial charge in [0.15, 0.2) is 0 Å². The van der Waals surface area contributed by atoms with Crippen LogP contribution >= 0.6 is 10.7 Å². The summed E-state index contributed by atoms with van der Waals surface area (Å²) in [7, 11) is 3.46. The Morgan fingerprint density at radius 3 is 2.38 bits per heavy atom. The molecule has 0 saturated heterocycles.